The van der Waals surface area contributed by atoms with E-state index in [1.807, 2.05) is 48.5 Å². The van der Waals surface area contributed by atoms with Crippen LogP contribution in [0.15, 0.2) is 48.5 Å². The molecule has 20 heavy (non-hydrogen) atoms. The maximum atomic E-state index is 12.1. The van der Waals surface area contributed by atoms with Crippen molar-refractivity contribution in [3.8, 4) is 0 Å². The molecule has 0 aromatic heterocycles. The van der Waals surface area contributed by atoms with Gasteiger partial charge in [-0.25, -0.2) is 0 Å². The summed E-state index contributed by atoms with van der Waals surface area (Å²) >= 11 is 9.83. The van der Waals surface area contributed by atoms with Gasteiger partial charge in [-0.05, 0) is 23.1 Å². The molecule has 3 heteroatoms. The number of thiocarbonyl (C=S) groups is 2. The monoisotopic (exact) mass is 298 g/mol. The van der Waals surface area contributed by atoms with Gasteiger partial charge in [-0.15, -0.1) is 0 Å². The van der Waals surface area contributed by atoms with E-state index in [-0.39, 0.29) is 5.78 Å². The number of rotatable bonds is 6. The topological polar surface area (TPSA) is 17.1 Å². The molecule has 1 nitrogen and oxygen atoms in total. The van der Waals surface area contributed by atoms with Gasteiger partial charge in [-0.2, -0.15) is 0 Å². The summed E-state index contributed by atoms with van der Waals surface area (Å²) in [6, 6.07) is 15.3. The summed E-state index contributed by atoms with van der Waals surface area (Å²) in [7, 11) is 0. The van der Waals surface area contributed by atoms with Crippen molar-refractivity contribution in [3.05, 3.63) is 70.8 Å². The second-order valence-corrected chi connectivity index (χ2v) is 4.95. The average Bonchev–Trinajstić information content (AvgIpc) is 2.53. The van der Waals surface area contributed by atoms with Crippen LogP contribution in [0.25, 0.3) is 0 Å². The van der Waals surface area contributed by atoms with Gasteiger partial charge in [0.05, 0.1) is 0 Å². The predicted molar refractivity (Wildman–Crippen MR) is 91.0 cm³/mol. The molecule has 0 atom stereocenters. The zero-order chi connectivity index (χ0) is 14.4. The van der Waals surface area contributed by atoms with Crippen LogP contribution >= 0.6 is 24.4 Å². The molecule has 0 spiro atoms. The molecule has 2 rings (SSSR count). The van der Waals surface area contributed by atoms with Crippen molar-refractivity contribution in [1.29, 1.82) is 0 Å². The van der Waals surface area contributed by atoms with Gasteiger partial charge in [0.2, 0.25) is 0 Å². The van der Waals surface area contributed by atoms with Crippen LogP contribution in [0.3, 0.4) is 0 Å². The van der Waals surface area contributed by atoms with Gasteiger partial charge in [-0.1, -0.05) is 73.0 Å². The van der Waals surface area contributed by atoms with Crippen LogP contribution in [0.4, 0.5) is 0 Å². The molecule has 0 aliphatic heterocycles. The minimum Gasteiger partial charge on any atom is -0.294 e. The summed E-state index contributed by atoms with van der Waals surface area (Å²) in [5.41, 5.74) is 3.81. The van der Waals surface area contributed by atoms with Gasteiger partial charge in [0.15, 0.2) is 5.78 Å². The number of benzene rings is 2. The van der Waals surface area contributed by atoms with E-state index in [1.165, 1.54) is 0 Å². The van der Waals surface area contributed by atoms with Gasteiger partial charge in [0.1, 0.15) is 0 Å². The number of aryl methyl sites for hydroxylation is 1. The zero-order valence-electron chi connectivity index (χ0n) is 10.9. The number of Topliss-reactive ketones (excluding diaryl/α,β-unsaturated/α-hetero) is 1. The third kappa shape index (κ3) is 3.65. The number of hydrogen-bond donors (Lipinski definition) is 0. The quantitative estimate of drug-likeness (QED) is 0.588. The van der Waals surface area contributed by atoms with Crippen LogP contribution in [0.1, 0.15) is 33.5 Å². The molecule has 0 bridgehead atoms. The minimum absolute atomic E-state index is 0.139. The number of carbonyl (C=O) groups is 1. The van der Waals surface area contributed by atoms with Crippen LogP contribution in [0.2, 0.25) is 0 Å². The fourth-order valence-electron chi connectivity index (χ4n) is 2.02. The van der Waals surface area contributed by atoms with E-state index in [2.05, 4.69) is 0 Å². The highest BCUT2D eigenvalue weighted by Gasteiger charge is 2.07. The number of hydrogen-bond acceptors (Lipinski definition) is 3. The summed E-state index contributed by atoms with van der Waals surface area (Å²) < 4.78 is 0. The molecule has 0 unspecified atom stereocenters. The SMILES string of the molecule is O=C(CCc1ccccc1C=S)c1ccc(C=S)cc1. The van der Waals surface area contributed by atoms with Crippen molar-refractivity contribution in [3.63, 3.8) is 0 Å². The molecule has 0 fully saturated rings. The molecule has 2 aromatic carbocycles. The van der Waals surface area contributed by atoms with E-state index < -0.39 is 0 Å². The fraction of sp³-hybridized carbons (Fsp3) is 0.118. The maximum Gasteiger partial charge on any atom is 0.163 e. The highest BCUT2D eigenvalue weighted by Crippen LogP contribution is 2.12. The molecule has 0 heterocycles. The highest BCUT2D eigenvalue weighted by atomic mass is 32.1. The van der Waals surface area contributed by atoms with Gasteiger partial charge < -0.3 is 0 Å². The van der Waals surface area contributed by atoms with Crippen LogP contribution in [-0.4, -0.2) is 16.5 Å². The second-order valence-electron chi connectivity index (χ2n) is 4.48. The Morgan fingerprint density at radius 3 is 2.30 bits per heavy atom. The second kappa shape index (κ2) is 7.17. The van der Waals surface area contributed by atoms with Crippen molar-refractivity contribution in [2.75, 3.05) is 0 Å². The molecule has 0 radical (unpaired) electrons. The third-order valence-electron chi connectivity index (χ3n) is 3.17. The summed E-state index contributed by atoms with van der Waals surface area (Å²) in [5.74, 6) is 0.139. The van der Waals surface area contributed by atoms with Crippen molar-refractivity contribution < 1.29 is 4.79 Å². The zero-order valence-corrected chi connectivity index (χ0v) is 12.5. The van der Waals surface area contributed by atoms with E-state index in [1.54, 1.807) is 10.7 Å². The molecule has 0 saturated carbocycles. The van der Waals surface area contributed by atoms with Crippen molar-refractivity contribution in [2.24, 2.45) is 0 Å². The Kier molecular flexibility index (Phi) is 5.27. The Balaban J connectivity index is 2.04. The summed E-state index contributed by atoms with van der Waals surface area (Å²) in [6.45, 7) is 0. The van der Waals surface area contributed by atoms with Gasteiger partial charge in [0, 0.05) is 22.7 Å². The lowest BCUT2D eigenvalue weighted by atomic mass is 9.99. The molecular weight excluding hydrogens is 284 g/mol. The lowest BCUT2D eigenvalue weighted by Crippen LogP contribution is -2.02. The molecule has 0 aliphatic rings. The van der Waals surface area contributed by atoms with Crippen LogP contribution in [-0.2, 0) is 6.42 Å². The van der Waals surface area contributed by atoms with E-state index >= 15 is 0 Å². The molecular formula is C17H14OS2. The van der Waals surface area contributed by atoms with E-state index in [0.717, 1.165) is 22.3 Å². The van der Waals surface area contributed by atoms with Crippen molar-refractivity contribution in [2.45, 2.75) is 12.8 Å². The summed E-state index contributed by atoms with van der Waals surface area (Å²) in [4.78, 5) is 12.1. The molecule has 0 amide bonds. The Labute approximate surface area is 129 Å². The molecule has 100 valence electrons. The highest BCUT2D eigenvalue weighted by molar-refractivity contribution is 7.79. The lowest BCUT2D eigenvalue weighted by Gasteiger charge is -2.05. The molecule has 0 aliphatic carbocycles. The first-order chi connectivity index (χ1) is 9.74. The standard InChI is InChI=1S/C17H14OS2/c18-17(15-7-5-13(11-19)6-8-15)10-9-14-3-1-2-4-16(14)12-20/h1-8,11-12H,9-10H2. The van der Waals surface area contributed by atoms with Gasteiger partial charge in [-0.3, -0.25) is 4.79 Å². The smallest absolute Gasteiger partial charge is 0.163 e. The number of carbonyl (C=O) groups excluding carboxylic acids is 1. The average molecular weight is 298 g/mol. The summed E-state index contributed by atoms with van der Waals surface area (Å²) in [6.07, 6.45) is 1.19. The number of ketones is 1. The van der Waals surface area contributed by atoms with Gasteiger partial charge in [0.25, 0.3) is 0 Å². The lowest BCUT2D eigenvalue weighted by molar-refractivity contribution is 0.0983. The first kappa shape index (κ1) is 14.7. The molecule has 0 N–H and O–H groups in total. The molecule has 2 aromatic rings. The van der Waals surface area contributed by atoms with E-state index in [4.69, 9.17) is 24.4 Å². The van der Waals surface area contributed by atoms with Crippen molar-refractivity contribution in [1.82, 2.24) is 0 Å². The Morgan fingerprint density at radius 2 is 1.65 bits per heavy atom. The molecule has 0 saturated heterocycles. The normalized spacial score (nSPS) is 10.0. The van der Waals surface area contributed by atoms with E-state index in [9.17, 15) is 4.79 Å². The van der Waals surface area contributed by atoms with Crippen LogP contribution in [0.5, 0.6) is 0 Å². The minimum atomic E-state index is 0.139. The first-order valence-electron chi connectivity index (χ1n) is 6.36. The van der Waals surface area contributed by atoms with Crippen LogP contribution < -0.4 is 0 Å². The van der Waals surface area contributed by atoms with Gasteiger partial charge >= 0.3 is 0 Å². The first-order valence-corrected chi connectivity index (χ1v) is 7.30. The Morgan fingerprint density at radius 1 is 0.950 bits per heavy atom. The maximum absolute atomic E-state index is 12.1. The van der Waals surface area contributed by atoms with Crippen LogP contribution in [0, 0.1) is 0 Å². The third-order valence-corrected chi connectivity index (χ3v) is 3.70. The summed E-state index contributed by atoms with van der Waals surface area (Å²) in [5, 5.41) is 3.26. The van der Waals surface area contributed by atoms with E-state index in [0.29, 0.717) is 12.8 Å². The fourth-order valence-corrected chi connectivity index (χ4v) is 2.40. The largest absolute Gasteiger partial charge is 0.294 e. The predicted octanol–water partition coefficient (Wildman–Crippen LogP) is 4.20. The Hall–Kier alpha value is -1.71. The Bertz CT molecular complexity index is 630. The van der Waals surface area contributed by atoms with Crippen molar-refractivity contribution >= 4 is 41.0 Å².